The van der Waals surface area contributed by atoms with Crippen molar-refractivity contribution in [3.8, 4) is 0 Å². The summed E-state index contributed by atoms with van der Waals surface area (Å²) in [6, 6.07) is -0.884. The van der Waals surface area contributed by atoms with Crippen LogP contribution in [0.15, 0.2) is 0 Å². The molecule has 0 spiro atoms. The number of fused-ring (bicyclic) bond motifs is 1. The van der Waals surface area contributed by atoms with Crippen LogP contribution < -0.4 is 26.6 Å². The van der Waals surface area contributed by atoms with Crippen LogP contribution in [0, 0.1) is 5.92 Å². The first kappa shape index (κ1) is 50.4. The van der Waals surface area contributed by atoms with Crippen molar-refractivity contribution < 1.29 is 58.8 Å². The number of hydrogen-bond donors (Lipinski definition) is 9. The van der Waals surface area contributed by atoms with Gasteiger partial charge in [-0.3, -0.25) is 53.7 Å². The van der Waals surface area contributed by atoms with E-state index in [-0.39, 0.29) is 120 Å². The van der Waals surface area contributed by atoms with E-state index < -0.39 is 36.0 Å². The second kappa shape index (κ2) is 26.4. The number of imide groups is 1. The molecule has 6 amide bonds. The number of unbranched alkanes of at least 4 members (excludes halogenated alkanes) is 3. The third-order valence-corrected chi connectivity index (χ3v) is 13.6. The largest absolute Gasteiger partial charge is 0.480 e. The van der Waals surface area contributed by atoms with Gasteiger partial charge in [-0.2, -0.15) is 11.8 Å². The van der Waals surface area contributed by atoms with Crippen LogP contribution in [-0.2, 0) is 28.8 Å². The molecule has 4 aliphatic rings. The van der Waals surface area contributed by atoms with Crippen molar-refractivity contribution in [1.29, 1.82) is 0 Å². The van der Waals surface area contributed by atoms with Crippen molar-refractivity contribution in [2.24, 2.45) is 5.92 Å². The van der Waals surface area contributed by atoms with Gasteiger partial charge in [0.2, 0.25) is 11.8 Å². The van der Waals surface area contributed by atoms with E-state index in [0.717, 1.165) is 25.0 Å². The zero-order valence-electron chi connectivity index (χ0n) is 35.6. The van der Waals surface area contributed by atoms with E-state index in [4.69, 9.17) is 0 Å². The average molecular weight is 898 g/mol. The van der Waals surface area contributed by atoms with Gasteiger partial charge in [0.25, 0.3) is 0 Å². The first-order valence-electron chi connectivity index (χ1n) is 22.0. The number of carbonyl (C=O) groups is 8. The highest BCUT2D eigenvalue weighted by atomic mass is 32.2. The first-order valence-corrected chi connectivity index (χ1v) is 23.0. The van der Waals surface area contributed by atoms with Gasteiger partial charge in [0, 0.05) is 88.3 Å². The number of carbonyl (C=O) groups excluding carboxylic acids is 4. The smallest absolute Gasteiger partial charge is 0.321 e. The highest BCUT2D eigenvalue weighted by Crippen LogP contribution is 2.33. The maximum absolute atomic E-state index is 12.7. The van der Waals surface area contributed by atoms with E-state index in [9.17, 15) is 58.8 Å². The van der Waals surface area contributed by atoms with E-state index in [1.165, 1.54) is 0 Å². The third kappa shape index (κ3) is 19.0. The van der Waals surface area contributed by atoms with Gasteiger partial charge in [0.05, 0.1) is 38.3 Å². The molecule has 1 aliphatic carbocycles. The highest BCUT2D eigenvalue weighted by Gasteiger charge is 2.42. The zero-order chi connectivity index (χ0) is 45.0. The van der Waals surface area contributed by atoms with Crippen molar-refractivity contribution in [1.82, 2.24) is 46.2 Å². The van der Waals surface area contributed by atoms with Crippen LogP contribution >= 0.6 is 11.8 Å². The lowest BCUT2D eigenvalue weighted by Crippen LogP contribution is -2.53. The Morgan fingerprint density at radius 1 is 0.661 bits per heavy atom. The van der Waals surface area contributed by atoms with Gasteiger partial charge < -0.3 is 41.7 Å². The molecule has 22 heteroatoms. The molecule has 0 bridgehead atoms. The van der Waals surface area contributed by atoms with Crippen molar-refractivity contribution >= 4 is 59.5 Å². The molecule has 3 heterocycles. The van der Waals surface area contributed by atoms with Gasteiger partial charge in [0.15, 0.2) is 0 Å². The number of urea groups is 2. The number of hydrogen-bond acceptors (Lipinski definition) is 13. The van der Waals surface area contributed by atoms with Gasteiger partial charge in [-0.1, -0.05) is 12.8 Å². The first-order chi connectivity index (χ1) is 29.6. The molecule has 62 heavy (non-hydrogen) atoms. The number of nitrogens with one attached hydrogen (secondary N) is 5. The van der Waals surface area contributed by atoms with Gasteiger partial charge in [-0.15, -0.1) is 0 Å². The Morgan fingerprint density at radius 2 is 1.24 bits per heavy atom. The number of carboxylic acid groups (broad SMARTS) is 4. The van der Waals surface area contributed by atoms with Crippen LogP contribution in [0.3, 0.4) is 0 Å². The minimum absolute atomic E-state index is 0.00124. The summed E-state index contributed by atoms with van der Waals surface area (Å²) in [5.41, 5.74) is 0. The lowest BCUT2D eigenvalue weighted by Gasteiger charge is -2.40. The van der Waals surface area contributed by atoms with Crippen LogP contribution in [-0.4, -0.2) is 201 Å². The van der Waals surface area contributed by atoms with Crippen LogP contribution in [0.1, 0.15) is 83.5 Å². The molecule has 4 unspecified atom stereocenters. The Labute approximate surface area is 366 Å². The normalized spacial score (nSPS) is 25.6. The van der Waals surface area contributed by atoms with Crippen LogP contribution in [0.2, 0.25) is 0 Å². The second-order valence-electron chi connectivity index (χ2n) is 17.0. The Kier molecular flexibility index (Phi) is 21.5. The number of aliphatic carboxylic acids is 4. The Balaban J connectivity index is 1.16. The van der Waals surface area contributed by atoms with Gasteiger partial charge in [0.1, 0.15) is 0 Å². The Morgan fingerprint density at radius 3 is 1.89 bits per heavy atom. The molecule has 4 fully saturated rings. The fourth-order valence-electron chi connectivity index (χ4n) is 8.90. The van der Waals surface area contributed by atoms with Crippen molar-refractivity contribution in [3.63, 3.8) is 0 Å². The molecular formula is C40H67N9O12S. The highest BCUT2D eigenvalue weighted by molar-refractivity contribution is 8.00. The molecule has 0 radical (unpaired) electrons. The maximum Gasteiger partial charge on any atom is 0.321 e. The van der Waals surface area contributed by atoms with Gasteiger partial charge in [-0.25, -0.2) is 9.59 Å². The van der Waals surface area contributed by atoms with Crippen LogP contribution in [0.4, 0.5) is 9.59 Å². The third-order valence-electron chi connectivity index (χ3n) is 12.1. The minimum Gasteiger partial charge on any atom is -0.480 e. The van der Waals surface area contributed by atoms with E-state index in [0.29, 0.717) is 69.6 Å². The number of thioether (sulfide) groups is 1. The van der Waals surface area contributed by atoms with Crippen molar-refractivity contribution in [2.45, 2.75) is 113 Å². The molecule has 350 valence electrons. The summed E-state index contributed by atoms with van der Waals surface area (Å²) in [5.74, 6) is -3.63. The molecule has 4 atom stereocenters. The summed E-state index contributed by atoms with van der Waals surface area (Å²) in [5, 5.41) is 53.1. The summed E-state index contributed by atoms with van der Waals surface area (Å²) in [6.07, 6.45) is 8.43. The van der Waals surface area contributed by atoms with E-state index in [1.54, 1.807) is 19.6 Å². The van der Waals surface area contributed by atoms with E-state index in [1.807, 2.05) is 11.8 Å². The van der Waals surface area contributed by atoms with E-state index in [2.05, 4.69) is 26.6 Å². The number of rotatable bonds is 22. The van der Waals surface area contributed by atoms with E-state index >= 15 is 0 Å². The van der Waals surface area contributed by atoms with Crippen LogP contribution in [0.25, 0.3) is 0 Å². The predicted octanol–water partition coefficient (Wildman–Crippen LogP) is 0.0921. The number of nitrogens with zero attached hydrogens (tertiary/aromatic N) is 4. The Hall–Kier alpha value is -4.25. The maximum atomic E-state index is 12.7. The summed E-state index contributed by atoms with van der Waals surface area (Å²) >= 11 is 1.86. The molecule has 1 saturated carbocycles. The molecule has 9 N–H and O–H groups in total. The predicted molar refractivity (Wildman–Crippen MR) is 228 cm³/mol. The second-order valence-corrected chi connectivity index (χ2v) is 18.3. The lowest BCUT2D eigenvalue weighted by atomic mass is 9.82. The van der Waals surface area contributed by atoms with Gasteiger partial charge in [-0.05, 0) is 63.7 Å². The monoisotopic (exact) mass is 897 g/mol. The zero-order valence-corrected chi connectivity index (χ0v) is 36.4. The lowest BCUT2D eigenvalue weighted by molar-refractivity contribution is -0.142. The standard InChI is InChI=1S/C40H67N9O12S/c50-32(7-4-3-6-31-38-30(26-62-31)43-40(61)45-38)41-13-5-1-2-8-33(51)44-39(60)42-28-11-9-27(10-12-28)20-29-21-48(24-36(56)57)17-16-46(22-34(52)53)14-15-47(23-35(54)55)18-19-49(29)25-37(58)59/h27-31,38H,1-26H2,(H,41,50)(H,52,53)(H,54,55)(H,56,57)(H,58,59)(H2,43,45,61)(H2,42,44,51,60). The number of amides is 6. The molecule has 3 aliphatic heterocycles. The van der Waals surface area contributed by atoms with Crippen LogP contribution in [0.5, 0.6) is 0 Å². The fourth-order valence-corrected chi connectivity index (χ4v) is 10.4. The average Bonchev–Trinajstić information content (AvgIpc) is 3.75. The summed E-state index contributed by atoms with van der Waals surface area (Å²) < 4.78 is 0. The molecule has 0 aromatic heterocycles. The summed E-state index contributed by atoms with van der Waals surface area (Å²) in [7, 11) is 0. The Bertz CT molecular complexity index is 1540. The molecule has 4 rings (SSSR count). The minimum atomic E-state index is -1.07. The molecule has 0 aromatic rings. The van der Waals surface area contributed by atoms with Crippen molar-refractivity contribution in [2.75, 3.05) is 84.3 Å². The summed E-state index contributed by atoms with van der Waals surface area (Å²) in [6.45, 7) is 0.783. The molecule has 21 nitrogen and oxygen atoms in total. The SMILES string of the molecule is O=C(O)CN1CCN(CC(=O)O)CCN(CC(=O)O)C(CC2CCC(NC(=O)NC(=O)CCCCCNC(=O)CCCCC3SCC4NC(=O)NC43)CC2)CN(CC(=O)O)CC1. The quantitative estimate of drug-likeness (QED) is 0.0514. The molecule has 0 aromatic carbocycles. The topological polar surface area (TPSA) is 291 Å². The summed E-state index contributed by atoms with van der Waals surface area (Å²) in [4.78, 5) is 103. The fraction of sp³-hybridized carbons (Fsp3) is 0.800. The van der Waals surface area contributed by atoms with Gasteiger partial charge >= 0.3 is 35.9 Å². The number of carboxylic acids is 4. The van der Waals surface area contributed by atoms with Crippen molar-refractivity contribution in [3.05, 3.63) is 0 Å². The molecular weight excluding hydrogens is 831 g/mol. The molecule has 3 saturated heterocycles.